The smallest absolute Gasteiger partial charge is 0.226 e. The molecule has 0 aromatic carbocycles. The van der Waals surface area contributed by atoms with Crippen molar-refractivity contribution in [1.29, 1.82) is 0 Å². The van der Waals surface area contributed by atoms with Crippen molar-refractivity contribution in [3.8, 4) is 0 Å². The van der Waals surface area contributed by atoms with E-state index in [0.717, 1.165) is 6.42 Å². The summed E-state index contributed by atoms with van der Waals surface area (Å²) in [5.74, 6) is 0.0814. The number of ether oxygens (including phenoxy) is 1. The lowest BCUT2D eigenvalue weighted by atomic mass is 9.62. The first-order valence-electron chi connectivity index (χ1n) is 13.1. The fraction of sp³-hybridized carbons (Fsp3) is 0.900. The van der Waals surface area contributed by atoms with Crippen LogP contribution in [0.25, 0.3) is 0 Å². The van der Waals surface area contributed by atoms with Crippen LogP contribution in [0.4, 0.5) is 0 Å². The molecule has 0 spiro atoms. The monoisotopic (exact) mass is 495 g/mol. The van der Waals surface area contributed by atoms with Crippen LogP contribution >= 0.6 is 0 Å². The Balaban J connectivity index is 5.19. The van der Waals surface area contributed by atoms with Gasteiger partial charge in [0.15, 0.2) is 5.78 Å². The molecule has 0 atom stereocenters. The summed E-state index contributed by atoms with van der Waals surface area (Å²) in [6.45, 7) is 32.1. The van der Waals surface area contributed by atoms with Gasteiger partial charge in [-0.25, -0.2) is 0 Å². The second-order valence-corrected chi connectivity index (χ2v) is 15.5. The summed E-state index contributed by atoms with van der Waals surface area (Å²) >= 11 is 0. The largest absolute Gasteiger partial charge is 0.368 e. The first-order chi connectivity index (χ1) is 15.1. The van der Waals surface area contributed by atoms with E-state index < -0.39 is 27.4 Å². The van der Waals surface area contributed by atoms with Crippen LogP contribution in [-0.2, 0) is 19.1 Å². The van der Waals surface area contributed by atoms with Crippen molar-refractivity contribution in [2.45, 2.75) is 141 Å². The van der Waals surface area contributed by atoms with Crippen LogP contribution in [0.15, 0.2) is 0 Å². The van der Waals surface area contributed by atoms with Crippen molar-refractivity contribution in [3.05, 3.63) is 0 Å². The number of hydrogen-bond donors (Lipinski definition) is 1. The van der Waals surface area contributed by atoms with Gasteiger partial charge >= 0.3 is 0 Å². The summed E-state index contributed by atoms with van der Waals surface area (Å²) in [6, 6.07) is 0. The van der Waals surface area contributed by atoms with Crippen molar-refractivity contribution in [3.63, 3.8) is 0 Å². The van der Waals surface area contributed by atoms with Gasteiger partial charge in [-0.3, -0.25) is 14.4 Å². The molecular formula is C30H57NO4. The third-order valence-corrected chi connectivity index (χ3v) is 8.17. The van der Waals surface area contributed by atoms with Crippen molar-refractivity contribution in [2.75, 3.05) is 6.61 Å². The number of Topliss-reactive ketones (excluding diaryl/α,β-unsaturated/α-hetero) is 2. The summed E-state index contributed by atoms with van der Waals surface area (Å²) in [7, 11) is 0. The Morgan fingerprint density at radius 1 is 0.657 bits per heavy atom. The fourth-order valence-electron chi connectivity index (χ4n) is 4.74. The molecule has 0 aromatic rings. The van der Waals surface area contributed by atoms with Crippen LogP contribution < -0.4 is 5.32 Å². The highest BCUT2D eigenvalue weighted by Gasteiger charge is 2.45. The minimum atomic E-state index is -0.994. The molecule has 206 valence electrons. The zero-order valence-electron chi connectivity index (χ0n) is 26.0. The molecule has 0 heterocycles. The van der Waals surface area contributed by atoms with Crippen molar-refractivity contribution in [2.24, 2.45) is 27.1 Å². The van der Waals surface area contributed by atoms with Gasteiger partial charge < -0.3 is 10.1 Å². The van der Waals surface area contributed by atoms with E-state index in [1.54, 1.807) is 20.8 Å². The molecule has 0 aliphatic heterocycles. The second kappa shape index (κ2) is 10.6. The van der Waals surface area contributed by atoms with Gasteiger partial charge in [0, 0.05) is 21.8 Å². The average molecular weight is 496 g/mol. The lowest BCUT2D eigenvalue weighted by Crippen LogP contribution is -2.52. The highest BCUT2D eigenvalue weighted by atomic mass is 16.5. The third-order valence-electron chi connectivity index (χ3n) is 8.17. The van der Waals surface area contributed by atoms with E-state index in [0.29, 0.717) is 19.4 Å². The number of rotatable bonds is 13. The van der Waals surface area contributed by atoms with Crippen LogP contribution in [-0.4, -0.2) is 35.2 Å². The fourth-order valence-corrected chi connectivity index (χ4v) is 4.74. The summed E-state index contributed by atoms with van der Waals surface area (Å²) < 4.78 is 6.10. The van der Waals surface area contributed by atoms with E-state index >= 15 is 0 Å². The van der Waals surface area contributed by atoms with Crippen LogP contribution in [0.3, 0.4) is 0 Å². The first kappa shape index (κ1) is 33.8. The molecule has 0 aliphatic rings. The first-order valence-corrected chi connectivity index (χ1v) is 13.1. The molecule has 0 unspecified atom stereocenters. The van der Waals surface area contributed by atoms with E-state index in [2.05, 4.69) is 39.9 Å². The summed E-state index contributed by atoms with van der Waals surface area (Å²) in [4.78, 5) is 38.6. The molecule has 1 N–H and O–H groups in total. The predicted octanol–water partition coefficient (Wildman–Crippen LogP) is 7.16. The quantitative estimate of drug-likeness (QED) is 0.294. The lowest BCUT2D eigenvalue weighted by molar-refractivity contribution is -0.152. The Morgan fingerprint density at radius 2 is 1.11 bits per heavy atom. The van der Waals surface area contributed by atoms with E-state index in [1.807, 2.05) is 55.4 Å². The molecule has 0 fully saturated rings. The molecule has 0 rings (SSSR count). The van der Waals surface area contributed by atoms with Gasteiger partial charge in [0.2, 0.25) is 5.91 Å². The van der Waals surface area contributed by atoms with Crippen LogP contribution in [0.5, 0.6) is 0 Å². The SMILES string of the molecule is CC(=O)C(C)(C)CC(C)(C)C(=O)C(C)(C)OCCC(C)(C)NC(=O)C(C)(C)CC(C)(C)C(C)(C)C. The van der Waals surface area contributed by atoms with E-state index in [9.17, 15) is 14.4 Å². The number of carbonyl (C=O) groups excluding carboxylic acids is 3. The molecule has 0 bridgehead atoms. The van der Waals surface area contributed by atoms with Crippen LogP contribution in [0.1, 0.15) is 130 Å². The van der Waals surface area contributed by atoms with Gasteiger partial charge in [-0.2, -0.15) is 0 Å². The predicted molar refractivity (Wildman–Crippen MR) is 146 cm³/mol. The Morgan fingerprint density at radius 3 is 1.51 bits per heavy atom. The van der Waals surface area contributed by atoms with Crippen LogP contribution in [0.2, 0.25) is 0 Å². The van der Waals surface area contributed by atoms with E-state index in [-0.39, 0.29) is 28.3 Å². The molecule has 5 nitrogen and oxygen atoms in total. The Bertz CT molecular complexity index is 777. The molecule has 5 heteroatoms. The zero-order chi connectivity index (χ0) is 28.5. The topological polar surface area (TPSA) is 72.5 Å². The second-order valence-electron chi connectivity index (χ2n) is 15.5. The normalized spacial score (nSPS) is 14.6. The summed E-state index contributed by atoms with van der Waals surface area (Å²) in [5, 5.41) is 3.22. The molecule has 0 aromatic heterocycles. The maximum absolute atomic E-state index is 13.4. The van der Waals surface area contributed by atoms with Gasteiger partial charge in [0.25, 0.3) is 0 Å². The average Bonchev–Trinajstić information content (AvgIpc) is 2.57. The summed E-state index contributed by atoms with van der Waals surface area (Å²) in [5.41, 5.74) is -3.19. The molecule has 0 saturated carbocycles. The molecule has 35 heavy (non-hydrogen) atoms. The minimum Gasteiger partial charge on any atom is -0.368 e. The van der Waals surface area contributed by atoms with Crippen molar-refractivity contribution in [1.82, 2.24) is 5.32 Å². The highest BCUT2D eigenvalue weighted by Crippen LogP contribution is 2.46. The molecule has 0 saturated heterocycles. The number of nitrogens with one attached hydrogen (secondary N) is 1. The highest BCUT2D eigenvalue weighted by molar-refractivity contribution is 5.92. The van der Waals surface area contributed by atoms with Crippen LogP contribution in [0, 0.1) is 27.1 Å². The maximum atomic E-state index is 13.4. The molecule has 1 amide bonds. The van der Waals surface area contributed by atoms with Gasteiger partial charge in [-0.1, -0.05) is 76.2 Å². The molecule has 0 aliphatic carbocycles. The van der Waals surface area contributed by atoms with E-state index in [1.165, 1.54) is 0 Å². The van der Waals surface area contributed by atoms with Crippen molar-refractivity contribution >= 4 is 17.5 Å². The maximum Gasteiger partial charge on any atom is 0.226 e. The van der Waals surface area contributed by atoms with Crippen molar-refractivity contribution < 1.29 is 19.1 Å². The number of hydrogen-bond acceptors (Lipinski definition) is 4. The Kier molecular flexibility index (Phi) is 10.3. The van der Waals surface area contributed by atoms with Gasteiger partial charge in [0.1, 0.15) is 11.4 Å². The standard InChI is InChI=1S/C30H57NO4/c1-21(32)25(5,6)19-26(7,8)22(33)30(15,16)35-18-17-29(13,14)31-23(34)27(9,10)20-28(11,12)24(2,3)4/h17-20H2,1-16H3,(H,31,34). The van der Waals surface area contributed by atoms with Gasteiger partial charge in [0.05, 0.1) is 6.61 Å². The number of carbonyl (C=O) groups is 3. The number of ketones is 2. The van der Waals surface area contributed by atoms with E-state index in [4.69, 9.17) is 4.74 Å². The minimum absolute atomic E-state index is 0.00472. The number of amides is 1. The van der Waals surface area contributed by atoms with Gasteiger partial charge in [-0.15, -0.1) is 0 Å². The Hall–Kier alpha value is -1.23. The third kappa shape index (κ3) is 9.63. The summed E-state index contributed by atoms with van der Waals surface area (Å²) in [6.07, 6.45) is 1.81. The molecule has 0 radical (unpaired) electrons. The molecular weight excluding hydrogens is 438 g/mol. The Labute approximate surface area is 216 Å². The zero-order valence-corrected chi connectivity index (χ0v) is 26.0. The van der Waals surface area contributed by atoms with Gasteiger partial charge in [-0.05, 0) is 64.7 Å². The lowest BCUT2D eigenvalue weighted by Gasteiger charge is -2.44.